The summed E-state index contributed by atoms with van der Waals surface area (Å²) in [5.41, 5.74) is 2.51. The maximum Gasteiger partial charge on any atom is 0.240 e. The molecule has 0 saturated carbocycles. The first kappa shape index (κ1) is 18.7. The minimum absolute atomic E-state index is 0.0566. The van der Waals surface area contributed by atoms with E-state index in [1.165, 1.54) is 18.2 Å². The standard InChI is InChI=1S/C19H22FNO4S/c1-12-8-15(6-7-17(12)20)26(22,23)21-11-14-5-4-13-9-18(24-2)19(25-3)10-16(13)14/h6-10,14,21H,4-5,11H2,1-3H3. The molecule has 7 heteroatoms. The molecule has 1 N–H and O–H groups in total. The molecule has 0 spiro atoms. The van der Waals surface area contributed by atoms with Crippen molar-refractivity contribution in [2.45, 2.75) is 30.6 Å². The Morgan fingerprint density at radius 3 is 2.50 bits per heavy atom. The van der Waals surface area contributed by atoms with E-state index >= 15 is 0 Å². The van der Waals surface area contributed by atoms with Crippen molar-refractivity contribution in [3.63, 3.8) is 0 Å². The number of sulfonamides is 1. The molecular weight excluding hydrogens is 357 g/mol. The monoisotopic (exact) mass is 379 g/mol. The van der Waals surface area contributed by atoms with Crippen LogP contribution in [0.4, 0.5) is 4.39 Å². The Balaban J connectivity index is 1.78. The maximum atomic E-state index is 13.4. The van der Waals surface area contributed by atoms with E-state index in [9.17, 15) is 12.8 Å². The number of methoxy groups -OCH3 is 2. The van der Waals surface area contributed by atoms with Gasteiger partial charge in [-0.25, -0.2) is 17.5 Å². The Morgan fingerprint density at radius 2 is 1.85 bits per heavy atom. The van der Waals surface area contributed by atoms with Crippen LogP contribution in [0.25, 0.3) is 0 Å². The molecule has 140 valence electrons. The number of ether oxygens (including phenoxy) is 2. The Kier molecular flexibility index (Phi) is 5.20. The predicted octanol–water partition coefficient (Wildman–Crippen LogP) is 3.16. The van der Waals surface area contributed by atoms with E-state index in [-0.39, 0.29) is 17.4 Å². The number of fused-ring (bicyclic) bond motifs is 1. The van der Waals surface area contributed by atoms with Gasteiger partial charge in [0.1, 0.15) is 5.82 Å². The molecule has 3 rings (SSSR count). The van der Waals surface area contributed by atoms with Crippen molar-refractivity contribution in [2.24, 2.45) is 0 Å². The van der Waals surface area contributed by atoms with Crippen LogP contribution in [0.15, 0.2) is 35.2 Å². The molecule has 0 heterocycles. The lowest BCUT2D eigenvalue weighted by Gasteiger charge is -2.16. The van der Waals surface area contributed by atoms with Gasteiger partial charge in [0.2, 0.25) is 10.0 Å². The highest BCUT2D eigenvalue weighted by Crippen LogP contribution is 2.40. The quantitative estimate of drug-likeness (QED) is 0.837. The molecule has 1 aliphatic rings. The van der Waals surface area contributed by atoms with E-state index < -0.39 is 15.8 Å². The predicted molar refractivity (Wildman–Crippen MR) is 96.9 cm³/mol. The zero-order valence-electron chi connectivity index (χ0n) is 15.0. The largest absolute Gasteiger partial charge is 0.493 e. The van der Waals surface area contributed by atoms with Gasteiger partial charge in [0.25, 0.3) is 0 Å². The molecule has 0 fully saturated rings. The van der Waals surface area contributed by atoms with E-state index in [0.717, 1.165) is 24.0 Å². The lowest BCUT2D eigenvalue weighted by molar-refractivity contribution is 0.354. The van der Waals surface area contributed by atoms with Crippen molar-refractivity contribution in [2.75, 3.05) is 20.8 Å². The normalized spacial score (nSPS) is 16.4. The first-order valence-corrected chi connectivity index (χ1v) is 9.84. The third kappa shape index (κ3) is 3.54. The first-order chi connectivity index (χ1) is 12.4. The molecule has 26 heavy (non-hydrogen) atoms. The second-order valence-corrected chi connectivity index (χ2v) is 8.17. The molecule has 1 atom stereocenters. The fourth-order valence-electron chi connectivity index (χ4n) is 3.31. The zero-order valence-corrected chi connectivity index (χ0v) is 15.8. The summed E-state index contributed by atoms with van der Waals surface area (Å²) in [6, 6.07) is 7.66. The van der Waals surface area contributed by atoms with Gasteiger partial charge in [0.05, 0.1) is 19.1 Å². The van der Waals surface area contributed by atoms with Gasteiger partial charge in [-0.15, -0.1) is 0 Å². The van der Waals surface area contributed by atoms with Gasteiger partial charge in [-0.1, -0.05) is 0 Å². The van der Waals surface area contributed by atoms with Crippen LogP contribution in [0.5, 0.6) is 11.5 Å². The Bertz CT molecular complexity index is 927. The lowest BCUT2D eigenvalue weighted by Crippen LogP contribution is -2.28. The highest BCUT2D eigenvalue weighted by atomic mass is 32.2. The highest BCUT2D eigenvalue weighted by molar-refractivity contribution is 7.89. The number of aryl methyl sites for hydroxylation is 2. The number of benzene rings is 2. The average molecular weight is 379 g/mol. The summed E-state index contributed by atoms with van der Waals surface area (Å²) < 4.78 is 51.7. The number of rotatable bonds is 6. The van der Waals surface area contributed by atoms with Crippen LogP contribution in [0.3, 0.4) is 0 Å². The molecule has 0 radical (unpaired) electrons. The smallest absolute Gasteiger partial charge is 0.240 e. The first-order valence-electron chi connectivity index (χ1n) is 8.36. The number of hydrogen-bond donors (Lipinski definition) is 1. The molecule has 2 aromatic carbocycles. The van der Waals surface area contributed by atoms with Crippen LogP contribution in [-0.2, 0) is 16.4 Å². The summed E-state index contributed by atoms with van der Waals surface area (Å²) in [6.07, 6.45) is 1.70. The fraction of sp³-hybridized carbons (Fsp3) is 0.368. The molecule has 0 saturated heterocycles. The molecule has 0 bridgehead atoms. The second-order valence-electron chi connectivity index (χ2n) is 6.40. The average Bonchev–Trinajstić information content (AvgIpc) is 3.02. The maximum absolute atomic E-state index is 13.4. The van der Waals surface area contributed by atoms with Crippen LogP contribution in [-0.4, -0.2) is 29.2 Å². The highest BCUT2D eigenvalue weighted by Gasteiger charge is 2.27. The van der Waals surface area contributed by atoms with E-state index in [2.05, 4.69) is 4.72 Å². The second kappa shape index (κ2) is 7.25. The van der Waals surface area contributed by atoms with Crippen molar-refractivity contribution < 1.29 is 22.3 Å². The third-order valence-corrected chi connectivity index (χ3v) is 6.23. The van der Waals surface area contributed by atoms with Crippen molar-refractivity contribution >= 4 is 10.0 Å². The molecular formula is C19H22FNO4S. The third-order valence-electron chi connectivity index (χ3n) is 4.81. The SMILES string of the molecule is COc1cc2c(cc1OC)C(CNS(=O)(=O)c1ccc(F)c(C)c1)CC2. The molecule has 0 aliphatic heterocycles. The van der Waals surface area contributed by atoms with Gasteiger partial charge >= 0.3 is 0 Å². The minimum Gasteiger partial charge on any atom is -0.493 e. The molecule has 1 unspecified atom stereocenters. The topological polar surface area (TPSA) is 64.6 Å². The Hall–Kier alpha value is -2.12. The molecule has 5 nitrogen and oxygen atoms in total. The van der Waals surface area contributed by atoms with Crippen LogP contribution in [0, 0.1) is 12.7 Å². The summed E-state index contributed by atoms with van der Waals surface area (Å²) >= 11 is 0. The zero-order chi connectivity index (χ0) is 18.9. The van der Waals surface area contributed by atoms with Gasteiger partial charge < -0.3 is 9.47 Å². The van der Waals surface area contributed by atoms with Gasteiger partial charge in [0.15, 0.2) is 11.5 Å². The summed E-state index contributed by atoms with van der Waals surface area (Å²) in [6.45, 7) is 1.82. The van der Waals surface area contributed by atoms with E-state index in [4.69, 9.17) is 9.47 Å². The summed E-state index contributed by atoms with van der Waals surface area (Å²) in [5, 5.41) is 0. The Labute approximate surface area is 153 Å². The molecule has 0 amide bonds. The van der Waals surface area contributed by atoms with Gasteiger partial charge in [-0.05, 0) is 72.7 Å². The van der Waals surface area contributed by atoms with Gasteiger partial charge in [-0.3, -0.25) is 0 Å². The van der Waals surface area contributed by atoms with Crippen LogP contribution >= 0.6 is 0 Å². The van der Waals surface area contributed by atoms with Crippen molar-refractivity contribution in [1.82, 2.24) is 4.72 Å². The van der Waals surface area contributed by atoms with Crippen molar-refractivity contribution in [1.29, 1.82) is 0 Å². The summed E-state index contributed by atoms with van der Waals surface area (Å²) in [5.74, 6) is 0.945. The van der Waals surface area contributed by atoms with Crippen LogP contribution in [0.2, 0.25) is 0 Å². The minimum atomic E-state index is -3.69. The van der Waals surface area contributed by atoms with Gasteiger partial charge in [0, 0.05) is 6.54 Å². The molecule has 0 aromatic heterocycles. The number of halogens is 1. The fourth-order valence-corrected chi connectivity index (χ4v) is 4.47. The summed E-state index contributed by atoms with van der Waals surface area (Å²) in [4.78, 5) is 0.0712. The number of nitrogens with one attached hydrogen (secondary N) is 1. The number of hydrogen-bond acceptors (Lipinski definition) is 4. The summed E-state index contributed by atoms with van der Waals surface area (Å²) in [7, 11) is -0.521. The van der Waals surface area contributed by atoms with E-state index in [1.54, 1.807) is 21.1 Å². The van der Waals surface area contributed by atoms with Crippen LogP contribution in [0.1, 0.15) is 29.0 Å². The molecule has 1 aliphatic carbocycles. The Morgan fingerprint density at radius 1 is 1.15 bits per heavy atom. The van der Waals surface area contributed by atoms with Crippen molar-refractivity contribution in [3.8, 4) is 11.5 Å². The lowest BCUT2D eigenvalue weighted by atomic mass is 10.0. The van der Waals surface area contributed by atoms with Crippen molar-refractivity contribution in [3.05, 3.63) is 52.8 Å². The van der Waals surface area contributed by atoms with Gasteiger partial charge in [-0.2, -0.15) is 0 Å². The van der Waals surface area contributed by atoms with Crippen LogP contribution < -0.4 is 14.2 Å². The van der Waals surface area contributed by atoms with E-state index in [1.807, 2.05) is 12.1 Å². The van der Waals surface area contributed by atoms with E-state index in [0.29, 0.717) is 17.1 Å². The molecule has 2 aromatic rings.